The molecule has 2 atom stereocenters. The third-order valence-corrected chi connectivity index (χ3v) is 5.85. The van der Waals surface area contributed by atoms with Crippen molar-refractivity contribution in [3.8, 4) is 0 Å². The predicted octanol–water partition coefficient (Wildman–Crippen LogP) is 2.09. The van der Waals surface area contributed by atoms with Crippen LogP contribution in [0.1, 0.15) is 62.9 Å². The summed E-state index contributed by atoms with van der Waals surface area (Å²) in [5.74, 6) is 0.0223. The molecule has 2 aliphatic rings. The van der Waals surface area contributed by atoms with Crippen molar-refractivity contribution in [2.24, 2.45) is 0 Å². The van der Waals surface area contributed by atoms with E-state index in [1.807, 2.05) is 30.3 Å². The second kappa shape index (κ2) is 7.89. The third kappa shape index (κ3) is 3.67. The van der Waals surface area contributed by atoms with E-state index in [0.29, 0.717) is 31.0 Å². The monoisotopic (exact) mass is 411 g/mol. The van der Waals surface area contributed by atoms with Crippen LogP contribution in [0.3, 0.4) is 0 Å². The molecule has 2 unspecified atom stereocenters. The van der Waals surface area contributed by atoms with Gasteiger partial charge in [0.1, 0.15) is 11.6 Å². The van der Waals surface area contributed by atoms with Crippen LogP contribution in [0.25, 0.3) is 0 Å². The van der Waals surface area contributed by atoms with Crippen LogP contribution < -0.4 is 10.6 Å². The summed E-state index contributed by atoms with van der Waals surface area (Å²) >= 11 is 0. The van der Waals surface area contributed by atoms with Crippen molar-refractivity contribution in [3.63, 3.8) is 0 Å². The van der Waals surface area contributed by atoms with E-state index in [1.54, 1.807) is 13.8 Å². The summed E-state index contributed by atoms with van der Waals surface area (Å²) < 4.78 is 5.29. The van der Waals surface area contributed by atoms with Crippen molar-refractivity contribution in [1.82, 2.24) is 25.7 Å². The SMILES string of the molecule is CC(NC(=O)C(C)N1C(=O)NC2(CCCC2)C1=O)c1noc(Cc2ccccc2)n1. The number of carbonyl (C=O) groups is 3. The van der Waals surface area contributed by atoms with Crippen molar-refractivity contribution in [3.05, 3.63) is 47.6 Å². The topological polar surface area (TPSA) is 117 Å². The highest BCUT2D eigenvalue weighted by Gasteiger charge is 2.54. The average molecular weight is 411 g/mol. The highest BCUT2D eigenvalue weighted by Crippen LogP contribution is 2.35. The number of hydrogen-bond donors (Lipinski definition) is 2. The highest BCUT2D eigenvalue weighted by atomic mass is 16.5. The van der Waals surface area contributed by atoms with Gasteiger partial charge in [0.25, 0.3) is 5.91 Å². The van der Waals surface area contributed by atoms with Crippen molar-refractivity contribution in [2.45, 2.75) is 63.6 Å². The van der Waals surface area contributed by atoms with E-state index in [4.69, 9.17) is 4.52 Å². The number of nitrogens with zero attached hydrogens (tertiary/aromatic N) is 3. The van der Waals surface area contributed by atoms with E-state index in [1.165, 1.54) is 0 Å². The molecule has 158 valence electrons. The molecular formula is C21H25N5O4. The number of nitrogens with one attached hydrogen (secondary N) is 2. The standard InChI is InChI=1S/C21H25N5O4/c1-13(17-23-16(30-25-17)12-15-8-4-3-5-9-15)22-18(27)14(2)26-19(28)21(24-20(26)29)10-6-7-11-21/h3-5,8-9,13-14H,6-7,10-12H2,1-2H3,(H,22,27)(H,24,29). The maximum absolute atomic E-state index is 12.8. The van der Waals surface area contributed by atoms with Gasteiger partial charge in [-0.3, -0.25) is 9.59 Å². The molecule has 1 saturated heterocycles. The zero-order valence-electron chi connectivity index (χ0n) is 17.1. The lowest BCUT2D eigenvalue weighted by atomic mass is 9.97. The molecule has 9 heteroatoms. The first kappa shape index (κ1) is 20.1. The number of amides is 4. The quantitative estimate of drug-likeness (QED) is 0.703. The molecule has 1 aliphatic carbocycles. The normalized spacial score (nSPS) is 19.7. The number of urea groups is 1. The van der Waals surface area contributed by atoms with E-state index >= 15 is 0 Å². The van der Waals surface area contributed by atoms with Crippen LogP contribution in [0, 0.1) is 0 Å². The van der Waals surface area contributed by atoms with E-state index in [0.717, 1.165) is 23.3 Å². The Labute approximate surface area is 174 Å². The minimum atomic E-state index is -0.935. The summed E-state index contributed by atoms with van der Waals surface area (Å²) in [7, 11) is 0. The number of rotatable bonds is 6. The molecule has 1 aliphatic heterocycles. The Balaban J connectivity index is 1.39. The van der Waals surface area contributed by atoms with Gasteiger partial charge in [-0.25, -0.2) is 9.69 Å². The van der Waals surface area contributed by atoms with Crippen LogP contribution in [0.5, 0.6) is 0 Å². The lowest BCUT2D eigenvalue weighted by molar-refractivity contribution is -0.138. The predicted molar refractivity (Wildman–Crippen MR) is 106 cm³/mol. The summed E-state index contributed by atoms with van der Waals surface area (Å²) in [6, 6.07) is 7.75. The molecule has 1 aromatic heterocycles. The Hall–Kier alpha value is -3.23. The molecular weight excluding hydrogens is 386 g/mol. The van der Waals surface area contributed by atoms with Crippen LogP contribution in [0.15, 0.2) is 34.9 Å². The average Bonchev–Trinajstić information content (AvgIpc) is 3.44. The zero-order chi connectivity index (χ0) is 21.3. The minimum absolute atomic E-state index is 0.315. The summed E-state index contributed by atoms with van der Waals surface area (Å²) in [6.45, 7) is 3.27. The van der Waals surface area contributed by atoms with Crippen LogP contribution in [0.2, 0.25) is 0 Å². The zero-order valence-corrected chi connectivity index (χ0v) is 17.1. The van der Waals surface area contributed by atoms with Gasteiger partial charge in [-0.2, -0.15) is 4.98 Å². The van der Waals surface area contributed by atoms with Gasteiger partial charge in [-0.15, -0.1) is 0 Å². The molecule has 1 aromatic carbocycles. The fraction of sp³-hybridized carbons (Fsp3) is 0.476. The first-order chi connectivity index (χ1) is 14.4. The largest absolute Gasteiger partial charge is 0.344 e. The lowest BCUT2D eigenvalue weighted by Gasteiger charge is -2.24. The molecule has 4 amide bonds. The first-order valence-electron chi connectivity index (χ1n) is 10.2. The fourth-order valence-corrected chi connectivity index (χ4v) is 4.11. The van der Waals surface area contributed by atoms with Crippen molar-refractivity contribution < 1.29 is 18.9 Å². The molecule has 4 rings (SSSR count). The minimum Gasteiger partial charge on any atom is -0.344 e. The molecule has 9 nitrogen and oxygen atoms in total. The van der Waals surface area contributed by atoms with Gasteiger partial charge in [-0.05, 0) is 32.3 Å². The third-order valence-electron chi connectivity index (χ3n) is 5.85. The molecule has 30 heavy (non-hydrogen) atoms. The molecule has 0 bridgehead atoms. The number of benzene rings is 1. The Morgan fingerprint density at radius 1 is 1.23 bits per heavy atom. The number of hydrogen-bond acceptors (Lipinski definition) is 6. The summed E-state index contributed by atoms with van der Waals surface area (Å²) in [4.78, 5) is 43.4. The van der Waals surface area contributed by atoms with E-state index in [9.17, 15) is 14.4 Å². The van der Waals surface area contributed by atoms with Gasteiger partial charge >= 0.3 is 6.03 Å². The molecule has 2 heterocycles. The molecule has 1 spiro atoms. The Morgan fingerprint density at radius 3 is 2.63 bits per heavy atom. The Bertz CT molecular complexity index is 951. The van der Waals surface area contributed by atoms with Crippen molar-refractivity contribution >= 4 is 17.8 Å². The first-order valence-corrected chi connectivity index (χ1v) is 10.2. The summed E-state index contributed by atoms with van der Waals surface area (Å²) in [6.07, 6.45) is 3.51. The summed E-state index contributed by atoms with van der Waals surface area (Å²) in [5, 5.41) is 9.52. The molecule has 1 saturated carbocycles. The maximum Gasteiger partial charge on any atom is 0.325 e. The van der Waals surface area contributed by atoms with Crippen LogP contribution in [0.4, 0.5) is 4.79 Å². The van der Waals surface area contributed by atoms with Crippen molar-refractivity contribution in [1.29, 1.82) is 0 Å². The summed E-state index contributed by atoms with van der Waals surface area (Å²) in [5.41, 5.74) is 0.203. The van der Waals surface area contributed by atoms with Gasteiger partial charge in [0.05, 0.1) is 12.5 Å². The van der Waals surface area contributed by atoms with Gasteiger partial charge < -0.3 is 15.2 Å². The second-order valence-electron chi connectivity index (χ2n) is 8.01. The number of aromatic nitrogens is 2. The van der Waals surface area contributed by atoms with Crippen molar-refractivity contribution in [2.75, 3.05) is 0 Å². The van der Waals surface area contributed by atoms with E-state index < -0.39 is 29.6 Å². The van der Waals surface area contributed by atoms with Gasteiger partial charge in [-0.1, -0.05) is 48.3 Å². The Kier molecular flexibility index (Phi) is 5.27. The fourth-order valence-electron chi connectivity index (χ4n) is 4.11. The second-order valence-corrected chi connectivity index (χ2v) is 8.01. The molecule has 0 radical (unpaired) electrons. The Morgan fingerprint density at radius 2 is 1.93 bits per heavy atom. The maximum atomic E-state index is 12.8. The van der Waals surface area contributed by atoms with Gasteiger partial charge in [0.15, 0.2) is 5.82 Å². The lowest BCUT2D eigenvalue weighted by Crippen LogP contribution is -2.50. The smallest absolute Gasteiger partial charge is 0.325 e. The highest BCUT2D eigenvalue weighted by molar-refractivity contribution is 6.10. The molecule has 2 fully saturated rings. The number of carbonyl (C=O) groups excluding carboxylic acids is 3. The van der Waals surface area contributed by atoms with Gasteiger partial charge in [0.2, 0.25) is 11.8 Å². The molecule has 2 N–H and O–H groups in total. The van der Waals surface area contributed by atoms with E-state index in [-0.39, 0.29) is 5.91 Å². The molecule has 2 aromatic rings. The van der Waals surface area contributed by atoms with Crippen LogP contribution in [-0.2, 0) is 16.0 Å². The van der Waals surface area contributed by atoms with Crippen LogP contribution in [-0.4, -0.2) is 44.5 Å². The van der Waals surface area contributed by atoms with E-state index in [2.05, 4.69) is 20.8 Å². The van der Waals surface area contributed by atoms with Gasteiger partial charge in [0, 0.05) is 0 Å². The van der Waals surface area contributed by atoms with Crippen LogP contribution >= 0.6 is 0 Å². The number of imide groups is 1.